The van der Waals surface area contributed by atoms with Gasteiger partial charge in [-0.05, 0) is 98.7 Å². The average molecular weight is 712 g/mol. The van der Waals surface area contributed by atoms with E-state index in [0.717, 1.165) is 40.1 Å². The van der Waals surface area contributed by atoms with Gasteiger partial charge in [0, 0.05) is 38.6 Å². The Kier molecular flexibility index (Phi) is 7.99. The molecule has 4 heteroatoms. The molecule has 0 spiro atoms. The highest BCUT2D eigenvalue weighted by Crippen LogP contribution is 2.46. The molecule has 0 aliphatic carbocycles. The Hall–Kier alpha value is -6.00. The van der Waals surface area contributed by atoms with Crippen LogP contribution < -0.4 is 16.4 Å². The lowest BCUT2D eigenvalue weighted by atomic mass is 9.61. The first-order valence-corrected chi connectivity index (χ1v) is 19.8. The van der Waals surface area contributed by atoms with E-state index >= 15 is 0 Å². The molecule has 0 fully saturated rings. The SMILES string of the molecule is CCCCCc1ccc(Nc2ccccc2-c2cc(C(C)(C)C)c3c4c5ccccc5ccc4n4c3c2[B]c2oc3ccc(-c5ccccc5)cc3c2-4)cc1. The Labute approximate surface area is 323 Å². The van der Waals surface area contributed by atoms with Gasteiger partial charge in [0.1, 0.15) is 5.58 Å². The molecule has 0 atom stereocenters. The second-order valence-corrected chi connectivity index (χ2v) is 16.2. The molecule has 7 aromatic carbocycles. The third-order valence-electron chi connectivity index (χ3n) is 11.6. The maximum atomic E-state index is 6.84. The number of hydrogen-bond acceptors (Lipinski definition) is 2. The molecule has 2 aromatic heterocycles. The molecule has 0 unspecified atom stereocenters. The fourth-order valence-corrected chi connectivity index (χ4v) is 8.88. The van der Waals surface area contributed by atoms with Crippen molar-refractivity contribution in [2.75, 3.05) is 5.32 Å². The Balaban J connectivity index is 1.25. The van der Waals surface area contributed by atoms with Gasteiger partial charge >= 0.3 is 0 Å². The summed E-state index contributed by atoms with van der Waals surface area (Å²) in [5, 5.41) is 10.1. The van der Waals surface area contributed by atoms with E-state index in [9.17, 15) is 0 Å². The molecular weight excluding hydrogens is 667 g/mol. The van der Waals surface area contributed by atoms with Crippen LogP contribution in [-0.2, 0) is 11.8 Å². The Bertz CT molecular complexity index is 2910. The van der Waals surface area contributed by atoms with Crippen LogP contribution in [0.5, 0.6) is 0 Å². The summed E-state index contributed by atoms with van der Waals surface area (Å²) in [5.41, 5.74) is 16.0. The van der Waals surface area contributed by atoms with Crippen molar-refractivity contribution in [1.82, 2.24) is 4.57 Å². The van der Waals surface area contributed by atoms with Crippen LogP contribution >= 0.6 is 0 Å². The molecule has 0 saturated heterocycles. The Morgan fingerprint density at radius 3 is 2.27 bits per heavy atom. The van der Waals surface area contributed by atoms with Gasteiger partial charge in [0.25, 0.3) is 0 Å². The molecule has 9 aromatic rings. The summed E-state index contributed by atoms with van der Waals surface area (Å²) in [6.07, 6.45) is 4.87. The summed E-state index contributed by atoms with van der Waals surface area (Å²) in [7, 11) is 2.31. The molecule has 1 aliphatic rings. The monoisotopic (exact) mass is 711 g/mol. The maximum absolute atomic E-state index is 6.84. The summed E-state index contributed by atoms with van der Waals surface area (Å²) < 4.78 is 9.37. The number of fused-ring (bicyclic) bond motifs is 9. The van der Waals surface area contributed by atoms with E-state index in [0.29, 0.717) is 0 Å². The minimum Gasteiger partial charge on any atom is -0.469 e. The van der Waals surface area contributed by atoms with Gasteiger partial charge in [-0.25, -0.2) is 0 Å². The van der Waals surface area contributed by atoms with Crippen molar-refractivity contribution in [1.29, 1.82) is 0 Å². The second-order valence-electron chi connectivity index (χ2n) is 16.2. The maximum Gasteiger partial charge on any atom is 0.247 e. The highest BCUT2D eigenvalue weighted by Gasteiger charge is 2.34. The lowest BCUT2D eigenvalue weighted by molar-refractivity contribution is 0.596. The number of furan rings is 1. The highest BCUT2D eigenvalue weighted by molar-refractivity contribution is 6.73. The highest BCUT2D eigenvalue weighted by atomic mass is 16.3. The number of aromatic nitrogens is 1. The lowest BCUT2D eigenvalue weighted by Crippen LogP contribution is -2.36. The zero-order chi connectivity index (χ0) is 37.3. The molecule has 1 N–H and O–H groups in total. The first-order chi connectivity index (χ1) is 26.9. The molecule has 267 valence electrons. The van der Waals surface area contributed by atoms with Crippen molar-refractivity contribution in [2.45, 2.75) is 58.8 Å². The summed E-state index contributed by atoms with van der Waals surface area (Å²) in [4.78, 5) is 0. The van der Waals surface area contributed by atoms with Crippen molar-refractivity contribution in [2.24, 2.45) is 0 Å². The van der Waals surface area contributed by atoms with Gasteiger partial charge in [0.05, 0.1) is 16.9 Å². The molecular formula is C51H44BN2O. The quantitative estimate of drug-likeness (QED) is 0.126. The average Bonchev–Trinajstić information content (AvgIpc) is 3.75. The Morgan fingerprint density at radius 1 is 0.673 bits per heavy atom. The zero-order valence-corrected chi connectivity index (χ0v) is 32.0. The van der Waals surface area contributed by atoms with E-state index in [-0.39, 0.29) is 5.41 Å². The topological polar surface area (TPSA) is 30.1 Å². The zero-order valence-electron chi connectivity index (χ0n) is 32.0. The number of benzene rings is 7. The van der Waals surface area contributed by atoms with E-state index in [2.05, 4.69) is 184 Å². The molecule has 3 nitrogen and oxygen atoms in total. The van der Waals surface area contributed by atoms with Crippen molar-refractivity contribution in [3.63, 3.8) is 0 Å². The van der Waals surface area contributed by atoms with Crippen molar-refractivity contribution in [3.05, 3.63) is 151 Å². The molecule has 0 saturated carbocycles. The van der Waals surface area contributed by atoms with Gasteiger partial charge < -0.3 is 14.3 Å². The fourth-order valence-electron chi connectivity index (χ4n) is 8.88. The summed E-state index contributed by atoms with van der Waals surface area (Å²) in [5.74, 6) is 0. The van der Waals surface area contributed by atoms with E-state index in [1.165, 1.54) is 90.7 Å². The number of rotatable bonds is 8. The van der Waals surface area contributed by atoms with Gasteiger partial charge in [-0.2, -0.15) is 0 Å². The molecule has 3 heterocycles. The predicted octanol–water partition coefficient (Wildman–Crippen LogP) is 12.8. The largest absolute Gasteiger partial charge is 0.469 e. The summed E-state index contributed by atoms with van der Waals surface area (Å²) >= 11 is 0. The lowest BCUT2D eigenvalue weighted by Gasteiger charge is -2.27. The van der Waals surface area contributed by atoms with E-state index in [1.807, 2.05) is 0 Å². The van der Waals surface area contributed by atoms with Crippen molar-refractivity contribution in [3.8, 4) is 27.9 Å². The van der Waals surface area contributed by atoms with E-state index < -0.39 is 0 Å². The molecule has 0 amide bonds. The fraction of sp³-hybridized carbons (Fsp3) is 0.176. The normalized spacial score (nSPS) is 12.4. The number of unbranched alkanes of at least 4 members (excludes halogenated alkanes) is 2. The first-order valence-electron chi connectivity index (χ1n) is 19.8. The number of nitrogens with zero attached hydrogens (tertiary/aromatic N) is 1. The van der Waals surface area contributed by atoms with Crippen LogP contribution in [0, 0.1) is 0 Å². The molecule has 0 bridgehead atoms. The number of anilines is 2. The predicted molar refractivity (Wildman–Crippen MR) is 236 cm³/mol. The van der Waals surface area contributed by atoms with Crippen LogP contribution in [-0.4, -0.2) is 11.8 Å². The minimum absolute atomic E-state index is 0.140. The third kappa shape index (κ3) is 5.57. The minimum atomic E-state index is -0.140. The van der Waals surface area contributed by atoms with Crippen molar-refractivity contribution < 1.29 is 4.42 Å². The summed E-state index contributed by atoms with van der Waals surface area (Å²) in [6, 6.07) is 51.0. The number of aryl methyl sites for hydroxylation is 1. The third-order valence-corrected chi connectivity index (χ3v) is 11.6. The van der Waals surface area contributed by atoms with Crippen LogP contribution in [0.4, 0.5) is 11.4 Å². The van der Waals surface area contributed by atoms with Crippen molar-refractivity contribution >= 4 is 73.3 Å². The number of hydrogen-bond donors (Lipinski definition) is 1. The summed E-state index contributed by atoms with van der Waals surface area (Å²) in [6.45, 7) is 9.32. The van der Waals surface area contributed by atoms with E-state index in [1.54, 1.807) is 0 Å². The molecule has 1 radical (unpaired) electrons. The van der Waals surface area contributed by atoms with E-state index in [4.69, 9.17) is 4.42 Å². The van der Waals surface area contributed by atoms with Gasteiger partial charge in [-0.15, -0.1) is 0 Å². The van der Waals surface area contributed by atoms with Crippen LogP contribution in [0.25, 0.3) is 71.5 Å². The molecule has 1 aliphatic heterocycles. The van der Waals surface area contributed by atoms with Gasteiger partial charge in [-0.1, -0.05) is 144 Å². The standard InChI is InChI=1S/C51H44BN2O/c1-5-6-8-15-32-22-26-36(27-23-32)53-42-21-14-13-20-38(42)39-31-41(51(2,3)4)46-45-37-19-12-11-18-34(37)24-28-43(45)54-48-40-30-35(33-16-9-7-10-17-33)25-29-44(40)55-50(48)52-47(39)49(46)54/h7,9-14,16-31,53H,5-6,8,15H2,1-4H3. The van der Waals surface area contributed by atoms with Gasteiger partial charge in [0.2, 0.25) is 7.28 Å². The Morgan fingerprint density at radius 2 is 1.45 bits per heavy atom. The smallest absolute Gasteiger partial charge is 0.247 e. The number of nitrogens with one attached hydrogen (secondary N) is 1. The van der Waals surface area contributed by atoms with Crippen LogP contribution in [0.1, 0.15) is 58.1 Å². The van der Waals surface area contributed by atoms with Crippen LogP contribution in [0.15, 0.2) is 144 Å². The van der Waals surface area contributed by atoms with Crippen LogP contribution in [0.2, 0.25) is 0 Å². The van der Waals surface area contributed by atoms with Crippen LogP contribution in [0.3, 0.4) is 0 Å². The van der Waals surface area contributed by atoms with Gasteiger partial charge in [0.15, 0.2) is 0 Å². The number of para-hydroxylation sites is 1. The molecule has 55 heavy (non-hydrogen) atoms. The van der Waals surface area contributed by atoms with Gasteiger partial charge in [-0.3, -0.25) is 0 Å². The first kappa shape index (κ1) is 33.6. The molecule has 10 rings (SSSR count). The second kappa shape index (κ2) is 13.1.